The minimum atomic E-state index is -0.156. The number of methoxy groups -OCH3 is 1. The van der Waals surface area contributed by atoms with Gasteiger partial charge < -0.3 is 14.6 Å². The first kappa shape index (κ1) is 14.6. The molecule has 116 valence electrons. The SMILES string of the molecule is CC[C@H](C)NC(=O)c1noc2c1CCc1cc(OC)ccc1-2. The summed E-state index contributed by atoms with van der Waals surface area (Å²) < 4.78 is 10.7. The Morgan fingerprint density at radius 3 is 3.00 bits per heavy atom. The Kier molecular flexibility index (Phi) is 3.88. The number of nitrogens with one attached hydrogen (secondary N) is 1. The molecule has 2 aromatic rings. The van der Waals surface area contributed by atoms with Gasteiger partial charge in [0.2, 0.25) is 0 Å². The molecule has 1 atom stereocenters. The van der Waals surface area contributed by atoms with E-state index in [0.29, 0.717) is 11.5 Å². The van der Waals surface area contributed by atoms with Gasteiger partial charge in [0.1, 0.15) is 5.75 Å². The Morgan fingerprint density at radius 1 is 1.45 bits per heavy atom. The molecule has 0 fully saturated rings. The summed E-state index contributed by atoms with van der Waals surface area (Å²) in [5.74, 6) is 1.38. The molecule has 1 aromatic carbocycles. The highest BCUT2D eigenvalue weighted by Crippen LogP contribution is 2.36. The number of ether oxygens (including phenoxy) is 1. The minimum absolute atomic E-state index is 0.125. The Hall–Kier alpha value is -2.30. The second kappa shape index (κ2) is 5.83. The summed E-state index contributed by atoms with van der Waals surface area (Å²) in [6, 6.07) is 6.00. The van der Waals surface area contributed by atoms with E-state index in [1.807, 2.05) is 32.0 Å². The highest BCUT2D eigenvalue weighted by Gasteiger charge is 2.28. The van der Waals surface area contributed by atoms with Crippen LogP contribution in [0.25, 0.3) is 11.3 Å². The maximum atomic E-state index is 12.3. The maximum absolute atomic E-state index is 12.3. The second-order valence-electron chi connectivity index (χ2n) is 5.64. The fourth-order valence-corrected chi connectivity index (χ4v) is 2.71. The molecule has 5 nitrogen and oxygen atoms in total. The van der Waals surface area contributed by atoms with E-state index in [4.69, 9.17) is 9.26 Å². The molecule has 1 heterocycles. The smallest absolute Gasteiger partial charge is 0.273 e. The van der Waals surface area contributed by atoms with Crippen molar-refractivity contribution in [2.24, 2.45) is 0 Å². The van der Waals surface area contributed by atoms with E-state index in [1.165, 1.54) is 0 Å². The summed E-state index contributed by atoms with van der Waals surface area (Å²) in [7, 11) is 1.65. The van der Waals surface area contributed by atoms with E-state index in [2.05, 4.69) is 10.5 Å². The molecule has 1 N–H and O–H groups in total. The van der Waals surface area contributed by atoms with Gasteiger partial charge in [0.15, 0.2) is 11.5 Å². The molecule has 1 aliphatic carbocycles. The monoisotopic (exact) mass is 300 g/mol. The molecular weight excluding hydrogens is 280 g/mol. The van der Waals surface area contributed by atoms with Crippen molar-refractivity contribution in [3.63, 3.8) is 0 Å². The maximum Gasteiger partial charge on any atom is 0.273 e. The molecule has 0 unspecified atom stereocenters. The average Bonchev–Trinajstić information content (AvgIpc) is 2.98. The average molecular weight is 300 g/mol. The van der Waals surface area contributed by atoms with Crippen molar-refractivity contribution in [2.45, 2.75) is 39.2 Å². The third-order valence-electron chi connectivity index (χ3n) is 4.19. The Labute approximate surface area is 129 Å². The zero-order chi connectivity index (χ0) is 15.7. The number of carbonyl (C=O) groups excluding carboxylic acids is 1. The predicted octanol–water partition coefficient (Wildman–Crippen LogP) is 2.98. The van der Waals surface area contributed by atoms with Crippen LogP contribution in [0.3, 0.4) is 0 Å². The fraction of sp³-hybridized carbons (Fsp3) is 0.412. The summed E-state index contributed by atoms with van der Waals surface area (Å²) in [4.78, 5) is 12.3. The lowest BCUT2D eigenvalue weighted by Crippen LogP contribution is -2.32. The van der Waals surface area contributed by atoms with Crippen LogP contribution in [0.1, 0.15) is 41.9 Å². The van der Waals surface area contributed by atoms with Gasteiger partial charge in [-0.3, -0.25) is 4.79 Å². The van der Waals surface area contributed by atoms with Crippen LogP contribution < -0.4 is 10.1 Å². The lowest BCUT2D eigenvalue weighted by Gasteiger charge is -2.16. The van der Waals surface area contributed by atoms with Crippen molar-refractivity contribution in [2.75, 3.05) is 7.11 Å². The summed E-state index contributed by atoms with van der Waals surface area (Å²) in [6.07, 6.45) is 2.49. The van der Waals surface area contributed by atoms with Crippen LogP contribution in [-0.4, -0.2) is 24.2 Å². The molecule has 1 amide bonds. The number of benzene rings is 1. The number of hydrogen-bond donors (Lipinski definition) is 1. The van der Waals surface area contributed by atoms with E-state index in [1.54, 1.807) is 7.11 Å². The number of aryl methyl sites for hydroxylation is 1. The van der Waals surface area contributed by atoms with Gasteiger partial charge in [0.05, 0.1) is 7.11 Å². The van der Waals surface area contributed by atoms with Crippen molar-refractivity contribution in [3.05, 3.63) is 35.0 Å². The van der Waals surface area contributed by atoms with Crippen LogP contribution in [0.15, 0.2) is 22.7 Å². The van der Waals surface area contributed by atoms with Gasteiger partial charge in [0.25, 0.3) is 5.91 Å². The quantitative estimate of drug-likeness (QED) is 0.942. The molecule has 5 heteroatoms. The van der Waals surface area contributed by atoms with Gasteiger partial charge in [-0.2, -0.15) is 0 Å². The molecule has 0 radical (unpaired) electrons. The summed E-state index contributed by atoms with van der Waals surface area (Å²) in [5.41, 5.74) is 3.48. The summed E-state index contributed by atoms with van der Waals surface area (Å²) in [6.45, 7) is 4.01. The summed E-state index contributed by atoms with van der Waals surface area (Å²) >= 11 is 0. The number of rotatable bonds is 4. The van der Waals surface area contributed by atoms with Crippen molar-refractivity contribution in [3.8, 4) is 17.1 Å². The minimum Gasteiger partial charge on any atom is -0.497 e. The van der Waals surface area contributed by atoms with Gasteiger partial charge in [-0.15, -0.1) is 0 Å². The van der Waals surface area contributed by atoms with E-state index < -0.39 is 0 Å². The molecule has 0 spiro atoms. The van der Waals surface area contributed by atoms with Crippen LogP contribution >= 0.6 is 0 Å². The molecule has 0 aliphatic heterocycles. The van der Waals surface area contributed by atoms with Crippen LogP contribution in [0, 0.1) is 0 Å². The van der Waals surface area contributed by atoms with Crippen molar-refractivity contribution < 1.29 is 14.1 Å². The first-order valence-electron chi connectivity index (χ1n) is 7.60. The topological polar surface area (TPSA) is 64.4 Å². The van der Waals surface area contributed by atoms with Gasteiger partial charge in [-0.05, 0) is 49.9 Å². The van der Waals surface area contributed by atoms with E-state index in [-0.39, 0.29) is 11.9 Å². The second-order valence-corrected chi connectivity index (χ2v) is 5.64. The first-order chi connectivity index (χ1) is 10.6. The largest absolute Gasteiger partial charge is 0.497 e. The molecule has 22 heavy (non-hydrogen) atoms. The van der Waals surface area contributed by atoms with Crippen LogP contribution in [-0.2, 0) is 12.8 Å². The van der Waals surface area contributed by atoms with Crippen molar-refractivity contribution in [1.29, 1.82) is 0 Å². The zero-order valence-corrected chi connectivity index (χ0v) is 13.1. The number of amides is 1. The zero-order valence-electron chi connectivity index (χ0n) is 13.1. The van der Waals surface area contributed by atoms with Gasteiger partial charge in [-0.25, -0.2) is 0 Å². The molecule has 0 saturated heterocycles. The molecule has 1 aromatic heterocycles. The number of aromatic nitrogens is 1. The van der Waals surface area contributed by atoms with Crippen LogP contribution in [0.4, 0.5) is 0 Å². The first-order valence-corrected chi connectivity index (χ1v) is 7.60. The highest BCUT2D eigenvalue weighted by molar-refractivity contribution is 5.95. The highest BCUT2D eigenvalue weighted by atomic mass is 16.5. The number of carbonyl (C=O) groups is 1. The lowest BCUT2D eigenvalue weighted by atomic mass is 9.89. The third-order valence-corrected chi connectivity index (χ3v) is 4.19. The van der Waals surface area contributed by atoms with Gasteiger partial charge in [-0.1, -0.05) is 12.1 Å². The van der Waals surface area contributed by atoms with Crippen LogP contribution in [0.2, 0.25) is 0 Å². The van der Waals surface area contributed by atoms with Crippen LogP contribution in [0.5, 0.6) is 5.75 Å². The molecule has 0 saturated carbocycles. The standard InChI is InChI=1S/C17H20N2O3/c1-4-10(2)18-17(20)15-14-7-5-11-9-12(21-3)6-8-13(11)16(14)22-19-15/h6,8-10H,4-5,7H2,1-3H3,(H,18,20)/t10-/m0/s1. The number of hydrogen-bond acceptors (Lipinski definition) is 4. The normalized spacial score (nSPS) is 14.0. The lowest BCUT2D eigenvalue weighted by molar-refractivity contribution is 0.0929. The van der Waals surface area contributed by atoms with E-state index in [9.17, 15) is 4.79 Å². The van der Waals surface area contributed by atoms with Gasteiger partial charge in [0, 0.05) is 17.2 Å². The van der Waals surface area contributed by atoms with E-state index in [0.717, 1.165) is 41.7 Å². The molecule has 0 bridgehead atoms. The molecular formula is C17H20N2O3. The number of fused-ring (bicyclic) bond motifs is 3. The Bertz CT molecular complexity index is 706. The predicted molar refractivity (Wildman–Crippen MR) is 83.1 cm³/mol. The number of nitrogens with zero attached hydrogens (tertiary/aromatic N) is 1. The van der Waals surface area contributed by atoms with Crippen molar-refractivity contribution in [1.82, 2.24) is 10.5 Å². The van der Waals surface area contributed by atoms with Crippen molar-refractivity contribution >= 4 is 5.91 Å². The third kappa shape index (κ3) is 2.47. The van der Waals surface area contributed by atoms with E-state index >= 15 is 0 Å². The summed E-state index contributed by atoms with van der Waals surface area (Å²) in [5, 5.41) is 6.95. The molecule has 3 rings (SSSR count). The Balaban J connectivity index is 1.94. The van der Waals surface area contributed by atoms with Gasteiger partial charge >= 0.3 is 0 Å². The molecule has 1 aliphatic rings. The fourth-order valence-electron chi connectivity index (χ4n) is 2.71. The Morgan fingerprint density at radius 2 is 2.27 bits per heavy atom.